The molecule has 2 N–H and O–H groups in total. The molecule has 0 fully saturated rings. The van der Waals surface area contributed by atoms with Crippen LogP contribution in [-0.2, 0) is 24.4 Å². The van der Waals surface area contributed by atoms with Crippen LogP contribution in [0.25, 0.3) is 0 Å². The Hall–Kier alpha value is -2.12. The molecule has 2 rings (SSSR count). The fourth-order valence-corrected chi connectivity index (χ4v) is 3.62. The zero-order valence-electron chi connectivity index (χ0n) is 15.7. The van der Waals surface area contributed by atoms with Crippen molar-refractivity contribution in [3.63, 3.8) is 0 Å². The number of azo groups is 1. The molecule has 0 radical (unpaired) electrons. The average Bonchev–Trinajstić information content (AvgIpc) is 2.60. The van der Waals surface area contributed by atoms with E-state index in [0.29, 0.717) is 0 Å². The van der Waals surface area contributed by atoms with Crippen LogP contribution in [0.1, 0.15) is 11.1 Å². The molecule has 1 heterocycles. The number of hydrogen-bond donors (Lipinski definition) is 2. The molecule has 2 aromatic rings. The Morgan fingerprint density at radius 2 is 1.80 bits per heavy atom. The minimum absolute atomic E-state index is 0. The monoisotopic (exact) mass is 464 g/mol. The second-order valence-electron chi connectivity index (χ2n) is 5.51. The summed E-state index contributed by atoms with van der Waals surface area (Å²) in [4.78, 5) is 13.6. The number of H-pyrrole nitrogens is 1. The Balaban J connectivity index is 0.00000450. The van der Waals surface area contributed by atoms with Gasteiger partial charge in [-0.25, -0.2) is 12.6 Å². The average molecular weight is 464 g/mol. The third kappa shape index (κ3) is 6.71. The maximum absolute atomic E-state index is 12.1. The second kappa shape index (κ2) is 10.3. The first-order valence-corrected chi connectivity index (χ1v) is 10.7. The third-order valence-electron chi connectivity index (χ3n) is 3.56. The summed E-state index contributed by atoms with van der Waals surface area (Å²) in [6.45, 7) is 0.607. The quantitative estimate of drug-likeness (QED) is 0.255. The predicted octanol–water partition coefficient (Wildman–Crippen LogP) is -2.36. The summed E-state index contributed by atoms with van der Waals surface area (Å²) in [7, 11) is -8.64. The fourth-order valence-electron chi connectivity index (χ4n) is 2.13. The van der Waals surface area contributed by atoms with Gasteiger partial charge in [0.2, 0.25) is 0 Å². The molecule has 0 spiro atoms. The minimum atomic E-state index is -4.74. The van der Waals surface area contributed by atoms with E-state index in [-0.39, 0.29) is 57.0 Å². The van der Waals surface area contributed by atoms with Gasteiger partial charge in [0, 0.05) is 5.56 Å². The summed E-state index contributed by atoms with van der Waals surface area (Å²) < 4.78 is 57.5. The van der Waals surface area contributed by atoms with E-state index in [2.05, 4.69) is 14.4 Å². The summed E-state index contributed by atoms with van der Waals surface area (Å²) in [5.41, 5.74) is -1.11. The van der Waals surface area contributed by atoms with Gasteiger partial charge in [-0.3, -0.25) is 9.35 Å². The van der Waals surface area contributed by atoms with E-state index >= 15 is 0 Å². The van der Waals surface area contributed by atoms with Crippen LogP contribution in [0.5, 0.6) is 5.88 Å². The summed E-state index contributed by atoms with van der Waals surface area (Å²) in [6, 6.07) is 6.57. The fraction of sp³-hybridized carbons (Fsp3) is 0.200. The SMILES string of the molecule is Cc1c(C#N)c([O-])[nH]c(=O)c1N=Nc1ccc(S(=O)(=O)CCOS(=O)(=O)O)cc1.[Na+]. The van der Waals surface area contributed by atoms with Crippen molar-refractivity contribution >= 4 is 31.6 Å². The number of nitrogens with one attached hydrogen (secondary N) is 1. The summed E-state index contributed by atoms with van der Waals surface area (Å²) in [5, 5.41) is 28.0. The van der Waals surface area contributed by atoms with Crippen LogP contribution >= 0.6 is 0 Å². The van der Waals surface area contributed by atoms with Crippen molar-refractivity contribution in [3.8, 4) is 11.9 Å². The summed E-state index contributed by atoms with van der Waals surface area (Å²) in [6.07, 6.45) is 0. The van der Waals surface area contributed by atoms with E-state index in [4.69, 9.17) is 9.81 Å². The molecule has 0 bridgehead atoms. The van der Waals surface area contributed by atoms with Gasteiger partial charge in [0.15, 0.2) is 15.5 Å². The molecule has 0 saturated heterocycles. The number of hydrogen-bond acceptors (Lipinski definition) is 10. The van der Waals surface area contributed by atoms with Gasteiger partial charge >= 0.3 is 40.0 Å². The molecule has 0 unspecified atom stereocenters. The molecule has 1 aromatic heterocycles. The number of nitriles is 1. The molecule has 0 amide bonds. The van der Waals surface area contributed by atoms with E-state index in [1.165, 1.54) is 31.2 Å². The Labute approximate surface area is 193 Å². The Bertz CT molecular complexity index is 1260. The van der Waals surface area contributed by atoms with Crippen LogP contribution in [0, 0.1) is 18.3 Å². The van der Waals surface area contributed by atoms with Gasteiger partial charge in [0.1, 0.15) is 6.07 Å². The number of rotatable bonds is 7. The van der Waals surface area contributed by atoms with Gasteiger partial charge in [-0.1, -0.05) is 0 Å². The molecule has 0 atom stereocenters. The first-order valence-electron chi connectivity index (χ1n) is 7.65. The number of aromatic amines is 1. The Morgan fingerprint density at radius 3 is 2.33 bits per heavy atom. The standard InChI is InChI=1S/C15H14N4O8S2.Na/c1-9-12(8-16)14(20)17-15(21)13(9)19-18-10-2-4-11(5-3-10)28(22,23)7-6-27-29(24,25)26;/h2-5H,6-7H2,1H3,(H2,17,20,21)(H,24,25,26);/q;+1/p-1. The van der Waals surface area contributed by atoms with Gasteiger partial charge in [0.25, 0.3) is 5.56 Å². The number of sulfone groups is 1. The zero-order chi connectivity index (χ0) is 21.8. The van der Waals surface area contributed by atoms with E-state index in [0.717, 1.165) is 0 Å². The zero-order valence-corrected chi connectivity index (χ0v) is 19.3. The first kappa shape index (κ1) is 25.9. The summed E-state index contributed by atoms with van der Waals surface area (Å²) in [5.74, 6) is -1.53. The molecule has 30 heavy (non-hydrogen) atoms. The number of aromatic nitrogens is 1. The molecule has 12 nitrogen and oxygen atoms in total. The van der Waals surface area contributed by atoms with Gasteiger partial charge in [-0.2, -0.15) is 18.8 Å². The van der Waals surface area contributed by atoms with Crippen molar-refractivity contribution in [2.75, 3.05) is 12.4 Å². The van der Waals surface area contributed by atoms with Gasteiger partial charge < -0.3 is 10.1 Å². The number of pyridine rings is 1. The number of benzene rings is 1. The van der Waals surface area contributed by atoms with Gasteiger partial charge in [-0.05, 0) is 37.1 Å². The summed E-state index contributed by atoms with van der Waals surface area (Å²) >= 11 is 0. The normalized spacial score (nSPS) is 11.8. The smallest absolute Gasteiger partial charge is 0.859 e. The van der Waals surface area contributed by atoms with Gasteiger partial charge in [0.05, 0.1) is 28.5 Å². The van der Waals surface area contributed by atoms with Crippen LogP contribution in [0.4, 0.5) is 11.4 Å². The van der Waals surface area contributed by atoms with Gasteiger partial charge in [-0.15, -0.1) is 5.11 Å². The molecule has 0 saturated carbocycles. The van der Waals surface area contributed by atoms with E-state index in [1.807, 2.05) is 4.98 Å². The third-order valence-corrected chi connectivity index (χ3v) is 5.72. The molecule has 154 valence electrons. The molecule has 0 aliphatic heterocycles. The topological polar surface area (TPSA) is 202 Å². The maximum atomic E-state index is 12.1. The predicted molar refractivity (Wildman–Crippen MR) is 96.1 cm³/mol. The van der Waals surface area contributed by atoms with Crippen LogP contribution in [-0.4, -0.2) is 38.7 Å². The maximum Gasteiger partial charge on any atom is 1.00 e. The molecular formula is C15H13N4NaO8S2. The van der Waals surface area contributed by atoms with E-state index in [1.54, 1.807) is 6.07 Å². The molecular weight excluding hydrogens is 451 g/mol. The van der Waals surface area contributed by atoms with Crippen LogP contribution in [0.2, 0.25) is 0 Å². The van der Waals surface area contributed by atoms with E-state index in [9.17, 15) is 26.7 Å². The Morgan fingerprint density at radius 1 is 1.20 bits per heavy atom. The molecule has 0 aliphatic carbocycles. The molecule has 0 aliphatic rings. The van der Waals surface area contributed by atoms with Crippen molar-refractivity contribution in [1.29, 1.82) is 5.26 Å². The van der Waals surface area contributed by atoms with Crippen molar-refractivity contribution in [2.24, 2.45) is 10.2 Å². The minimum Gasteiger partial charge on any atom is -0.859 e. The van der Waals surface area contributed by atoms with Crippen molar-refractivity contribution in [3.05, 3.63) is 45.7 Å². The molecule has 15 heteroatoms. The largest absolute Gasteiger partial charge is 1.00 e. The van der Waals surface area contributed by atoms with Crippen LogP contribution < -0.4 is 40.2 Å². The van der Waals surface area contributed by atoms with E-state index < -0.39 is 44.0 Å². The van der Waals surface area contributed by atoms with Crippen molar-refractivity contribution < 1.29 is 60.2 Å². The van der Waals surface area contributed by atoms with Crippen molar-refractivity contribution in [2.45, 2.75) is 11.8 Å². The van der Waals surface area contributed by atoms with Crippen LogP contribution in [0.15, 0.2) is 44.2 Å². The first-order chi connectivity index (χ1) is 13.4. The van der Waals surface area contributed by atoms with Crippen LogP contribution in [0.3, 0.4) is 0 Å². The second-order valence-corrected chi connectivity index (χ2v) is 8.71. The molecule has 1 aromatic carbocycles. The number of nitrogens with zero attached hydrogens (tertiary/aromatic N) is 3. The van der Waals surface area contributed by atoms with Crippen molar-refractivity contribution in [1.82, 2.24) is 4.98 Å². The Kier molecular flexibility index (Phi) is 8.87.